The van der Waals surface area contributed by atoms with Crippen molar-refractivity contribution in [3.05, 3.63) is 0 Å². The Labute approximate surface area is 121 Å². The summed E-state index contributed by atoms with van der Waals surface area (Å²) < 4.78 is 0. The van der Waals surface area contributed by atoms with Gasteiger partial charge in [0.1, 0.15) is 0 Å². The average Bonchev–Trinajstić information content (AvgIpc) is 2.35. The first-order valence-electron chi connectivity index (χ1n) is 8.43. The van der Waals surface area contributed by atoms with Gasteiger partial charge in [-0.3, -0.25) is 0 Å². The molecule has 0 aromatic carbocycles. The van der Waals surface area contributed by atoms with Gasteiger partial charge < -0.3 is 10.2 Å². The van der Waals surface area contributed by atoms with Crippen molar-refractivity contribution in [2.24, 2.45) is 11.3 Å². The molecular formula is C17H36N2. The fourth-order valence-corrected chi connectivity index (χ4v) is 3.09. The number of piperidine rings is 1. The summed E-state index contributed by atoms with van der Waals surface area (Å²) in [5.74, 6) is 0.998. The van der Waals surface area contributed by atoms with Crippen molar-refractivity contribution < 1.29 is 0 Å². The van der Waals surface area contributed by atoms with E-state index in [1.54, 1.807) is 0 Å². The van der Waals surface area contributed by atoms with Crippen LogP contribution in [0.5, 0.6) is 0 Å². The van der Waals surface area contributed by atoms with Crippen LogP contribution in [-0.2, 0) is 0 Å². The van der Waals surface area contributed by atoms with Crippen LogP contribution in [0.25, 0.3) is 0 Å². The van der Waals surface area contributed by atoms with E-state index in [4.69, 9.17) is 0 Å². The minimum absolute atomic E-state index is 0.357. The Bertz CT molecular complexity index is 224. The fraction of sp³-hybridized carbons (Fsp3) is 1.00. The summed E-state index contributed by atoms with van der Waals surface area (Å²) in [6.45, 7) is 16.7. The molecule has 114 valence electrons. The molecule has 0 saturated carbocycles. The zero-order valence-corrected chi connectivity index (χ0v) is 14.0. The van der Waals surface area contributed by atoms with Crippen molar-refractivity contribution in [2.45, 2.75) is 72.8 Å². The maximum absolute atomic E-state index is 3.75. The van der Waals surface area contributed by atoms with Crippen LogP contribution in [0.2, 0.25) is 0 Å². The van der Waals surface area contributed by atoms with Crippen LogP contribution in [0.3, 0.4) is 0 Å². The van der Waals surface area contributed by atoms with Crippen molar-refractivity contribution >= 4 is 0 Å². The Balaban J connectivity index is 2.39. The van der Waals surface area contributed by atoms with Crippen LogP contribution in [0.1, 0.15) is 66.7 Å². The summed E-state index contributed by atoms with van der Waals surface area (Å²) in [6, 6.07) is 0.621. The lowest BCUT2D eigenvalue weighted by Crippen LogP contribution is -2.50. The smallest absolute Gasteiger partial charge is 0.0243 e. The third-order valence-corrected chi connectivity index (χ3v) is 4.53. The molecule has 2 nitrogen and oxygen atoms in total. The molecule has 1 unspecified atom stereocenters. The lowest BCUT2D eigenvalue weighted by Gasteiger charge is -2.39. The van der Waals surface area contributed by atoms with Gasteiger partial charge in [-0.1, -0.05) is 47.5 Å². The zero-order chi connectivity index (χ0) is 14.3. The highest BCUT2D eigenvalue weighted by atomic mass is 15.2. The maximum atomic E-state index is 3.75. The highest BCUT2D eigenvalue weighted by molar-refractivity contribution is 4.85. The zero-order valence-electron chi connectivity index (χ0n) is 14.0. The maximum Gasteiger partial charge on any atom is 0.0243 e. The van der Waals surface area contributed by atoms with Crippen molar-refractivity contribution in [1.29, 1.82) is 0 Å². The van der Waals surface area contributed by atoms with Gasteiger partial charge in [-0.2, -0.15) is 0 Å². The average molecular weight is 268 g/mol. The van der Waals surface area contributed by atoms with Crippen LogP contribution in [0.4, 0.5) is 0 Å². The molecule has 1 heterocycles. The molecule has 0 aromatic heterocycles. The van der Waals surface area contributed by atoms with Gasteiger partial charge in [0.05, 0.1) is 0 Å². The summed E-state index contributed by atoms with van der Waals surface area (Å²) >= 11 is 0. The van der Waals surface area contributed by atoms with E-state index < -0.39 is 0 Å². The largest absolute Gasteiger partial charge is 0.312 e. The Kier molecular flexibility index (Phi) is 7.38. The highest BCUT2D eigenvalue weighted by Gasteiger charge is 2.27. The molecule has 0 spiro atoms. The van der Waals surface area contributed by atoms with E-state index in [9.17, 15) is 0 Å². The van der Waals surface area contributed by atoms with Crippen LogP contribution < -0.4 is 5.32 Å². The third kappa shape index (κ3) is 6.27. The normalized spacial score (nSPS) is 20.7. The van der Waals surface area contributed by atoms with E-state index in [1.807, 2.05) is 0 Å². The molecule has 0 radical (unpaired) electrons. The van der Waals surface area contributed by atoms with Gasteiger partial charge in [0.2, 0.25) is 0 Å². The van der Waals surface area contributed by atoms with Crippen LogP contribution >= 0.6 is 0 Å². The number of hydrogen-bond acceptors (Lipinski definition) is 2. The monoisotopic (exact) mass is 268 g/mol. The summed E-state index contributed by atoms with van der Waals surface area (Å²) in [7, 11) is 0. The van der Waals surface area contributed by atoms with Gasteiger partial charge in [-0.25, -0.2) is 0 Å². The first-order valence-corrected chi connectivity index (χ1v) is 8.43. The topological polar surface area (TPSA) is 15.3 Å². The molecular weight excluding hydrogens is 232 g/mol. The summed E-state index contributed by atoms with van der Waals surface area (Å²) in [6.07, 6.45) is 6.85. The van der Waals surface area contributed by atoms with Crippen LogP contribution in [-0.4, -0.2) is 37.1 Å². The molecule has 1 saturated heterocycles. The van der Waals surface area contributed by atoms with Gasteiger partial charge in [0, 0.05) is 12.6 Å². The van der Waals surface area contributed by atoms with Crippen molar-refractivity contribution in [2.75, 3.05) is 26.2 Å². The first-order chi connectivity index (χ1) is 8.97. The van der Waals surface area contributed by atoms with Crippen molar-refractivity contribution in [3.8, 4) is 0 Å². The molecule has 0 aromatic rings. The summed E-state index contributed by atoms with van der Waals surface area (Å²) in [4.78, 5) is 2.69. The second kappa shape index (κ2) is 8.26. The van der Waals surface area contributed by atoms with E-state index >= 15 is 0 Å². The molecule has 0 bridgehead atoms. The molecule has 1 atom stereocenters. The van der Waals surface area contributed by atoms with Crippen molar-refractivity contribution in [1.82, 2.24) is 10.2 Å². The molecule has 19 heavy (non-hydrogen) atoms. The minimum atomic E-state index is 0.357. The Morgan fingerprint density at radius 3 is 2.21 bits per heavy atom. The predicted octanol–water partition coefficient (Wildman–Crippen LogP) is 3.91. The van der Waals surface area contributed by atoms with Gasteiger partial charge >= 0.3 is 0 Å². The Morgan fingerprint density at radius 2 is 1.74 bits per heavy atom. The molecule has 1 aliphatic heterocycles. The van der Waals surface area contributed by atoms with E-state index in [2.05, 4.69) is 44.8 Å². The van der Waals surface area contributed by atoms with E-state index in [-0.39, 0.29) is 0 Å². The summed E-state index contributed by atoms with van der Waals surface area (Å²) in [5, 5.41) is 3.75. The molecule has 1 fully saturated rings. The molecule has 0 amide bonds. The van der Waals surface area contributed by atoms with E-state index in [0.717, 1.165) is 12.5 Å². The van der Waals surface area contributed by atoms with Crippen LogP contribution in [0.15, 0.2) is 0 Å². The SMILES string of the molecule is CCCNC(CN1CCC(CCC)CC1)C(C)(C)C. The lowest BCUT2D eigenvalue weighted by atomic mass is 9.85. The number of hydrogen-bond donors (Lipinski definition) is 1. The third-order valence-electron chi connectivity index (χ3n) is 4.53. The standard InChI is InChI=1S/C17H36N2/c1-6-8-15-9-12-19(13-10-15)14-16(17(3,4)5)18-11-7-2/h15-16,18H,6-14H2,1-5H3. The Morgan fingerprint density at radius 1 is 1.11 bits per heavy atom. The van der Waals surface area contributed by atoms with Crippen LogP contribution in [0, 0.1) is 11.3 Å². The van der Waals surface area contributed by atoms with Crippen molar-refractivity contribution in [3.63, 3.8) is 0 Å². The van der Waals surface area contributed by atoms with Gasteiger partial charge in [-0.15, -0.1) is 0 Å². The quantitative estimate of drug-likeness (QED) is 0.753. The first kappa shape index (κ1) is 17.0. The highest BCUT2D eigenvalue weighted by Crippen LogP contribution is 2.25. The fourth-order valence-electron chi connectivity index (χ4n) is 3.09. The minimum Gasteiger partial charge on any atom is -0.312 e. The lowest BCUT2D eigenvalue weighted by molar-refractivity contribution is 0.129. The van der Waals surface area contributed by atoms with E-state index in [0.29, 0.717) is 11.5 Å². The van der Waals surface area contributed by atoms with Gasteiger partial charge in [0.25, 0.3) is 0 Å². The van der Waals surface area contributed by atoms with Gasteiger partial charge in [-0.05, 0) is 50.2 Å². The number of likely N-dealkylation sites (tertiary alicyclic amines) is 1. The molecule has 1 N–H and O–H groups in total. The number of nitrogens with zero attached hydrogens (tertiary/aromatic N) is 1. The number of nitrogens with one attached hydrogen (secondary N) is 1. The summed E-state index contributed by atoms with van der Waals surface area (Å²) in [5.41, 5.74) is 0.357. The predicted molar refractivity (Wildman–Crippen MR) is 85.6 cm³/mol. The molecule has 1 aliphatic rings. The van der Waals surface area contributed by atoms with Gasteiger partial charge in [0.15, 0.2) is 0 Å². The molecule has 1 rings (SSSR count). The second-order valence-electron chi connectivity index (χ2n) is 7.41. The van der Waals surface area contributed by atoms with E-state index in [1.165, 1.54) is 51.7 Å². The molecule has 0 aliphatic carbocycles. The Hall–Kier alpha value is -0.0800. The molecule has 2 heteroatoms. The number of rotatable bonds is 7. The second-order valence-corrected chi connectivity index (χ2v) is 7.41.